The van der Waals surface area contributed by atoms with Gasteiger partial charge in [0, 0.05) is 40.1 Å². The minimum atomic E-state index is -4.25. The summed E-state index contributed by atoms with van der Waals surface area (Å²) in [7, 11) is 1.88. The van der Waals surface area contributed by atoms with Gasteiger partial charge in [-0.05, 0) is 108 Å². The lowest BCUT2D eigenvalue weighted by atomic mass is 9.90. The Morgan fingerprint density at radius 3 is 2.31 bits per heavy atom. The number of nitrogens with zero attached hydrogens (tertiary/aromatic N) is 4. The van der Waals surface area contributed by atoms with Crippen LogP contribution in [0.25, 0.3) is 42.8 Å². The first-order valence-corrected chi connectivity index (χ1v) is 17.1. The number of fused-ring (bicyclic) bond motifs is 2. The number of hydrogen-bond donors (Lipinski definition) is 1. The lowest BCUT2D eigenvalue weighted by Crippen LogP contribution is -2.47. The Balaban J connectivity index is 1.44. The first-order valence-electron chi connectivity index (χ1n) is 15.9. The summed E-state index contributed by atoms with van der Waals surface area (Å²) in [6, 6.07) is 13.8. The lowest BCUT2D eigenvalue weighted by molar-refractivity contribution is -0.181. The van der Waals surface area contributed by atoms with Crippen molar-refractivity contribution in [1.29, 1.82) is 0 Å². The summed E-state index contributed by atoms with van der Waals surface area (Å²) in [5.41, 5.74) is 5.58. The van der Waals surface area contributed by atoms with Gasteiger partial charge >= 0.3 is 12.1 Å². The molecule has 0 aliphatic carbocycles. The van der Waals surface area contributed by atoms with Crippen molar-refractivity contribution >= 4 is 50.0 Å². The van der Waals surface area contributed by atoms with Gasteiger partial charge in [-0.2, -0.15) is 18.3 Å². The molecule has 1 unspecified atom stereocenters. The smallest absolute Gasteiger partial charge is 0.403 e. The normalized spacial score (nSPS) is 16.5. The Bertz CT molecular complexity index is 1990. The number of carboxylic acids is 1. The van der Waals surface area contributed by atoms with Gasteiger partial charge in [0.25, 0.3) is 0 Å². The second kappa shape index (κ2) is 12.7. The maximum absolute atomic E-state index is 13.4. The number of thiazole rings is 1. The number of piperidine rings is 1. The van der Waals surface area contributed by atoms with E-state index < -0.39 is 29.9 Å². The Labute approximate surface area is 286 Å². The summed E-state index contributed by atoms with van der Waals surface area (Å²) in [5, 5.41) is 17.5. The highest BCUT2D eigenvalue weighted by molar-refractivity contribution is 7.22. The van der Waals surface area contributed by atoms with Crippen molar-refractivity contribution < 1.29 is 27.8 Å². The number of alkyl halides is 3. The van der Waals surface area contributed by atoms with Crippen LogP contribution in [-0.2, 0) is 16.6 Å². The van der Waals surface area contributed by atoms with Crippen LogP contribution in [0.1, 0.15) is 69.4 Å². The third kappa shape index (κ3) is 6.70. The summed E-state index contributed by atoms with van der Waals surface area (Å²) in [5.74, 6) is -1.05. The highest BCUT2D eigenvalue weighted by Crippen LogP contribution is 2.45. The number of hydrogen-bond acceptors (Lipinski definition) is 6. The topological polar surface area (TPSA) is 80.5 Å². The van der Waals surface area contributed by atoms with Crippen molar-refractivity contribution in [3.63, 3.8) is 0 Å². The fourth-order valence-electron chi connectivity index (χ4n) is 6.66. The van der Waals surface area contributed by atoms with Gasteiger partial charge in [0.2, 0.25) is 0 Å². The largest absolute Gasteiger partial charge is 0.479 e. The second-order valence-corrected chi connectivity index (χ2v) is 15.0. The highest BCUT2D eigenvalue weighted by atomic mass is 35.5. The van der Waals surface area contributed by atoms with Crippen molar-refractivity contribution in [3.8, 4) is 21.7 Å². The molecule has 254 valence electrons. The summed E-state index contributed by atoms with van der Waals surface area (Å²) in [6.45, 7) is 9.31. The van der Waals surface area contributed by atoms with E-state index in [4.69, 9.17) is 26.4 Å². The van der Waals surface area contributed by atoms with E-state index in [2.05, 4.69) is 6.07 Å². The monoisotopic (exact) mass is 698 g/mol. The van der Waals surface area contributed by atoms with E-state index in [1.54, 1.807) is 12.1 Å². The molecule has 12 heteroatoms. The molecule has 3 aromatic carbocycles. The maximum Gasteiger partial charge on any atom is 0.403 e. The molecule has 7 nitrogen and oxygen atoms in total. The van der Waals surface area contributed by atoms with Gasteiger partial charge in [-0.3, -0.25) is 9.58 Å². The van der Waals surface area contributed by atoms with E-state index in [0.29, 0.717) is 36.5 Å². The second-order valence-electron chi connectivity index (χ2n) is 13.6. The van der Waals surface area contributed by atoms with Gasteiger partial charge in [0.1, 0.15) is 11.0 Å². The van der Waals surface area contributed by atoms with Crippen molar-refractivity contribution in [2.24, 2.45) is 7.05 Å². The summed E-state index contributed by atoms with van der Waals surface area (Å²) in [4.78, 5) is 19.2. The first-order chi connectivity index (χ1) is 22.5. The van der Waals surface area contributed by atoms with Gasteiger partial charge in [-0.15, -0.1) is 11.3 Å². The molecule has 0 amide bonds. The third-order valence-corrected chi connectivity index (χ3v) is 10.5. The zero-order valence-electron chi connectivity index (χ0n) is 27.7. The van der Waals surface area contributed by atoms with Gasteiger partial charge in [-0.25, -0.2) is 9.78 Å². The Hall–Kier alpha value is -3.51. The molecule has 1 N–H and O–H groups in total. The van der Waals surface area contributed by atoms with Crippen LogP contribution in [0.2, 0.25) is 5.02 Å². The maximum atomic E-state index is 13.4. The van der Waals surface area contributed by atoms with E-state index in [0.717, 1.165) is 54.1 Å². The number of carbonyl (C=O) groups is 1. The van der Waals surface area contributed by atoms with Crippen molar-refractivity contribution in [3.05, 3.63) is 70.4 Å². The fraction of sp³-hybridized carbons (Fsp3) is 0.417. The van der Waals surface area contributed by atoms with E-state index in [1.807, 2.05) is 69.8 Å². The van der Waals surface area contributed by atoms with Crippen LogP contribution in [0.5, 0.6) is 0 Å². The molecule has 3 heterocycles. The highest BCUT2D eigenvalue weighted by Gasteiger charge is 2.41. The molecular formula is C36H38ClF3N4O3S. The number of halogens is 4. The third-order valence-electron chi connectivity index (χ3n) is 9.08. The minimum Gasteiger partial charge on any atom is -0.479 e. The van der Waals surface area contributed by atoms with Crippen LogP contribution in [0.4, 0.5) is 13.2 Å². The van der Waals surface area contributed by atoms with Crippen LogP contribution in [0.15, 0.2) is 48.5 Å². The molecule has 5 aromatic rings. The molecule has 2 aromatic heterocycles. The van der Waals surface area contributed by atoms with Gasteiger partial charge in [-0.1, -0.05) is 23.7 Å². The van der Waals surface area contributed by atoms with Crippen LogP contribution in [-0.4, -0.2) is 61.6 Å². The van der Waals surface area contributed by atoms with Crippen LogP contribution in [0, 0.1) is 6.92 Å². The molecule has 48 heavy (non-hydrogen) atoms. The molecule has 0 radical (unpaired) electrons. The van der Waals surface area contributed by atoms with Crippen molar-refractivity contribution in [1.82, 2.24) is 19.7 Å². The number of aromatic nitrogens is 3. The lowest BCUT2D eigenvalue weighted by Gasteiger charge is -2.36. The molecule has 0 saturated carbocycles. The summed E-state index contributed by atoms with van der Waals surface area (Å²) in [6.07, 6.45) is -4.29. The number of benzene rings is 3. The zero-order chi connectivity index (χ0) is 34.7. The Kier molecular flexibility index (Phi) is 9.12. The predicted molar refractivity (Wildman–Crippen MR) is 185 cm³/mol. The first kappa shape index (κ1) is 34.4. The number of ether oxygens (including phenoxy) is 1. The molecule has 2 atom stereocenters. The minimum absolute atomic E-state index is 0.0356. The zero-order valence-corrected chi connectivity index (χ0v) is 29.2. The van der Waals surface area contributed by atoms with E-state index in [1.165, 1.54) is 23.2 Å². The van der Waals surface area contributed by atoms with Crippen molar-refractivity contribution in [2.75, 3.05) is 13.1 Å². The molecule has 0 spiro atoms. The molecule has 0 bridgehead atoms. The number of aliphatic carboxylic acids is 1. The molecule has 1 fully saturated rings. The quantitative estimate of drug-likeness (QED) is 0.182. The van der Waals surface area contributed by atoms with Gasteiger partial charge in [0.15, 0.2) is 6.10 Å². The SMILES string of the molecule is Cc1cc2nc(-c3ccc4c(c3)c(C3CCN(C(C)C(F)(F)F)CC3)nn4C)sc2c(-c2ccc(Cl)cc2)c1[C@H](OC(C)(C)C)C(=O)O. The molecular weight excluding hydrogens is 661 g/mol. The average molecular weight is 699 g/mol. The van der Waals surface area contributed by atoms with E-state index in [-0.39, 0.29) is 5.92 Å². The van der Waals surface area contributed by atoms with Crippen LogP contribution >= 0.6 is 22.9 Å². The average Bonchev–Trinajstić information content (AvgIpc) is 3.59. The summed E-state index contributed by atoms with van der Waals surface area (Å²) >= 11 is 7.72. The summed E-state index contributed by atoms with van der Waals surface area (Å²) < 4.78 is 48.9. The predicted octanol–water partition coefficient (Wildman–Crippen LogP) is 9.55. The number of carboxylic acid groups (broad SMARTS) is 1. The molecule has 6 rings (SSSR count). The van der Waals surface area contributed by atoms with Gasteiger partial charge < -0.3 is 9.84 Å². The van der Waals surface area contributed by atoms with Crippen molar-refractivity contribution in [2.45, 2.75) is 77.3 Å². The van der Waals surface area contributed by atoms with Gasteiger partial charge in [0.05, 0.1) is 27.0 Å². The van der Waals surface area contributed by atoms with Crippen LogP contribution in [0.3, 0.4) is 0 Å². The Morgan fingerprint density at radius 2 is 1.71 bits per heavy atom. The molecule has 1 aliphatic rings. The number of aryl methyl sites for hydroxylation is 2. The molecule has 1 aliphatic heterocycles. The van der Waals surface area contributed by atoms with E-state index in [9.17, 15) is 23.1 Å². The molecule has 1 saturated heterocycles. The van der Waals surface area contributed by atoms with E-state index >= 15 is 0 Å². The fourth-order valence-corrected chi connectivity index (χ4v) is 7.90. The number of likely N-dealkylation sites (tertiary alicyclic amines) is 1. The standard InChI is InChI=1S/C36H38ClF3N4O3S/c1-19-17-26-32(29(21-7-10-24(37)11-8-21)28(19)31(34(45)46)47-35(3,4)5)48-33(41-26)23-9-12-27-25(18-23)30(42-43(27)6)22-13-15-44(16-14-22)20(2)36(38,39)40/h7-12,17-18,20,22,31H,13-16H2,1-6H3,(H,45,46)/t20?,31-/m0/s1. The van der Waals surface area contributed by atoms with Crippen LogP contribution < -0.4 is 0 Å². The Morgan fingerprint density at radius 1 is 1.06 bits per heavy atom. The number of rotatable bonds is 7.